The fourth-order valence-corrected chi connectivity index (χ4v) is 4.21. The molecule has 1 aromatic heterocycles. The molecule has 1 aliphatic heterocycles. The molecule has 0 aliphatic carbocycles. The van der Waals surface area contributed by atoms with Gasteiger partial charge in [0, 0.05) is 38.7 Å². The summed E-state index contributed by atoms with van der Waals surface area (Å²) in [6.07, 6.45) is -3.48. The van der Waals surface area contributed by atoms with Crippen LogP contribution in [-0.4, -0.2) is 71.9 Å². The normalized spacial score (nSPS) is 22.6. The van der Waals surface area contributed by atoms with Gasteiger partial charge in [-0.15, -0.1) is 5.10 Å². The number of nitrogens with zero attached hydrogens (tertiary/aromatic N) is 4. The smallest absolute Gasteiger partial charge is 0.322 e. The molecular formula is C10H14F3N5O3S2. The summed E-state index contributed by atoms with van der Waals surface area (Å²) in [5.41, 5.74) is 0. The summed E-state index contributed by atoms with van der Waals surface area (Å²) in [4.78, 5) is 12.9. The maximum Gasteiger partial charge on any atom is 0.394 e. The van der Waals surface area contributed by atoms with Crippen molar-refractivity contribution in [2.24, 2.45) is 5.92 Å². The molecule has 8 nitrogen and oxygen atoms in total. The molecule has 0 spiro atoms. The van der Waals surface area contributed by atoms with Crippen LogP contribution in [0.2, 0.25) is 0 Å². The zero-order chi connectivity index (χ0) is 17.4. The van der Waals surface area contributed by atoms with Crippen LogP contribution in [0, 0.1) is 5.92 Å². The van der Waals surface area contributed by atoms with Crippen molar-refractivity contribution in [2.45, 2.75) is 11.4 Å². The first kappa shape index (κ1) is 17.9. The standard InChI is InChI=1S/C10H14F3N5O3S2/c1-17(2)23(20,21)7-5-18(4-6(7)10(11,12)13)9(19)15-8-3-14-16-22-8/h3,6-7H,4-5H2,1-2H3,(H,15,19)/t6-,7-/m1/s1. The number of urea groups is 1. The Kier molecular flexibility index (Phi) is 4.82. The molecule has 1 aromatic rings. The Morgan fingerprint density at radius 2 is 2.09 bits per heavy atom. The number of sulfonamides is 1. The quantitative estimate of drug-likeness (QED) is 0.847. The lowest BCUT2D eigenvalue weighted by Crippen LogP contribution is -2.43. The van der Waals surface area contributed by atoms with Crippen LogP contribution in [0.4, 0.5) is 23.0 Å². The molecule has 0 aromatic carbocycles. The van der Waals surface area contributed by atoms with E-state index in [4.69, 9.17) is 0 Å². The maximum atomic E-state index is 13.2. The van der Waals surface area contributed by atoms with Crippen LogP contribution >= 0.6 is 11.5 Å². The van der Waals surface area contributed by atoms with Crippen LogP contribution in [0.3, 0.4) is 0 Å². The van der Waals surface area contributed by atoms with Gasteiger partial charge < -0.3 is 4.90 Å². The highest BCUT2D eigenvalue weighted by atomic mass is 32.2. The Balaban J connectivity index is 2.21. The van der Waals surface area contributed by atoms with Crippen LogP contribution in [-0.2, 0) is 10.0 Å². The third-order valence-corrected chi connectivity index (χ3v) is 6.30. The minimum absolute atomic E-state index is 0.262. The van der Waals surface area contributed by atoms with Crippen molar-refractivity contribution in [1.82, 2.24) is 18.8 Å². The third kappa shape index (κ3) is 3.72. The average Bonchev–Trinajstić information content (AvgIpc) is 3.06. The second-order valence-corrected chi connectivity index (χ2v) is 8.28. The lowest BCUT2D eigenvalue weighted by molar-refractivity contribution is -0.169. The molecule has 2 amide bonds. The van der Waals surface area contributed by atoms with Crippen molar-refractivity contribution in [3.8, 4) is 0 Å². The highest BCUT2D eigenvalue weighted by Gasteiger charge is 2.56. The van der Waals surface area contributed by atoms with E-state index >= 15 is 0 Å². The SMILES string of the molecule is CN(C)S(=O)(=O)[C@@H]1CN(C(=O)Nc2cnns2)C[C@H]1C(F)(F)F. The zero-order valence-corrected chi connectivity index (χ0v) is 13.7. The predicted molar refractivity (Wildman–Crippen MR) is 76.4 cm³/mol. The number of alkyl halides is 3. The summed E-state index contributed by atoms with van der Waals surface area (Å²) < 4.78 is 68.0. The summed E-state index contributed by atoms with van der Waals surface area (Å²) in [5, 5.41) is 4.36. The van der Waals surface area contributed by atoms with E-state index in [-0.39, 0.29) is 5.00 Å². The monoisotopic (exact) mass is 373 g/mol. The fourth-order valence-electron chi connectivity index (χ4n) is 2.23. The number of nitrogens with one attached hydrogen (secondary N) is 1. The number of likely N-dealkylation sites (tertiary alicyclic amines) is 1. The Bertz CT molecular complexity index is 662. The Morgan fingerprint density at radius 3 is 2.57 bits per heavy atom. The first-order chi connectivity index (χ1) is 10.5. The van der Waals surface area contributed by atoms with Crippen molar-refractivity contribution in [2.75, 3.05) is 32.5 Å². The second kappa shape index (κ2) is 6.20. The minimum atomic E-state index is -4.73. The number of anilines is 1. The van der Waals surface area contributed by atoms with Crippen LogP contribution in [0.25, 0.3) is 0 Å². The largest absolute Gasteiger partial charge is 0.394 e. The Morgan fingerprint density at radius 1 is 1.43 bits per heavy atom. The number of carbonyl (C=O) groups is 1. The van der Waals surface area contributed by atoms with E-state index < -0.39 is 46.5 Å². The van der Waals surface area contributed by atoms with Crippen LogP contribution in [0.5, 0.6) is 0 Å². The first-order valence-corrected chi connectivity index (χ1v) is 8.62. The van der Waals surface area contributed by atoms with Gasteiger partial charge in [-0.3, -0.25) is 5.32 Å². The minimum Gasteiger partial charge on any atom is -0.322 e. The lowest BCUT2D eigenvalue weighted by Gasteiger charge is -2.23. The molecule has 1 aliphatic rings. The van der Waals surface area contributed by atoms with E-state index in [2.05, 4.69) is 14.9 Å². The molecule has 0 radical (unpaired) electrons. The number of halogens is 3. The number of carbonyl (C=O) groups excluding carboxylic acids is 1. The van der Waals surface area contributed by atoms with Crippen molar-refractivity contribution >= 4 is 32.6 Å². The molecule has 0 unspecified atom stereocenters. The van der Waals surface area contributed by atoms with Crippen molar-refractivity contribution < 1.29 is 26.4 Å². The molecular weight excluding hydrogens is 359 g/mol. The van der Waals surface area contributed by atoms with Gasteiger partial charge in [-0.25, -0.2) is 17.5 Å². The summed E-state index contributed by atoms with van der Waals surface area (Å²) in [6, 6.07) is -0.818. The van der Waals surface area contributed by atoms with Gasteiger partial charge >= 0.3 is 12.2 Å². The van der Waals surface area contributed by atoms with Crippen molar-refractivity contribution in [3.05, 3.63) is 6.20 Å². The summed E-state index contributed by atoms with van der Waals surface area (Å²) >= 11 is 0.859. The van der Waals surface area contributed by atoms with Gasteiger partial charge in [-0.1, -0.05) is 4.49 Å². The molecule has 1 saturated heterocycles. The zero-order valence-electron chi connectivity index (χ0n) is 12.1. The molecule has 130 valence electrons. The predicted octanol–water partition coefficient (Wildman–Crippen LogP) is 0.824. The summed E-state index contributed by atoms with van der Waals surface area (Å²) in [7, 11) is -1.85. The summed E-state index contributed by atoms with van der Waals surface area (Å²) in [6.45, 7) is -1.26. The maximum absolute atomic E-state index is 13.2. The van der Waals surface area contributed by atoms with E-state index in [1.807, 2.05) is 0 Å². The van der Waals surface area contributed by atoms with Gasteiger partial charge in [0.2, 0.25) is 10.0 Å². The highest BCUT2D eigenvalue weighted by molar-refractivity contribution is 7.89. The van der Waals surface area contributed by atoms with Crippen molar-refractivity contribution in [3.63, 3.8) is 0 Å². The van der Waals surface area contributed by atoms with E-state index in [0.29, 0.717) is 0 Å². The first-order valence-electron chi connectivity index (χ1n) is 6.35. The Hall–Kier alpha value is -1.47. The number of aromatic nitrogens is 2. The van der Waals surface area contributed by atoms with Gasteiger partial charge in [-0.05, 0) is 0 Å². The lowest BCUT2D eigenvalue weighted by atomic mass is 10.1. The second-order valence-electron chi connectivity index (χ2n) is 5.13. The highest BCUT2D eigenvalue weighted by Crippen LogP contribution is 2.37. The molecule has 2 atom stereocenters. The average molecular weight is 373 g/mol. The topological polar surface area (TPSA) is 95.5 Å². The van der Waals surface area contributed by atoms with E-state index in [1.54, 1.807) is 0 Å². The molecule has 13 heteroatoms. The van der Waals surface area contributed by atoms with Gasteiger partial charge in [0.25, 0.3) is 0 Å². The molecule has 0 bridgehead atoms. The van der Waals surface area contributed by atoms with E-state index in [9.17, 15) is 26.4 Å². The third-order valence-electron chi connectivity index (χ3n) is 3.46. The van der Waals surface area contributed by atoms with Crippen LogP contribution in [0.15, 0.2) is 6.20 Å². The van der Waals surface area contributed by atoms with Crippen LogP contribution in [0.1, 0.15) is 0 Å². The van der Waals surface area contributed by atoms with E-state index in [0.717, 1.165) is 34.8 Å². The molecule has 2 heterocycles. The van der Waals surface area contributed by atoms with Crippen molar-refractivity contribution in [1.29, 1.82) is 0 Å². The van der Waals surface area contributed by atoms with Gasteiger partial charge in [0.1, 0.15) is 10.3 Å². The molecule has 2 rings (SSSR count). The molecule has 1 N–H and O–H groups in total. The van der Waals surface area contributed by atoms with E-state index in [1.165, 1.54) is 6.20 Å². The van der Waals surface area contributed by atoms with Crippen LogP contribution < -0.4 is 5.32 Å². The summed E-state index contributed by atoms with van der Waals surface area (Å²) in [5.74, 6) is -2.14. The number of rotatable bonds is 3. The molecule has 23 heavy (non-hydrogen) atoms. The van der Waals surface area contributed by atoms with Gasteiger partial charge in [0.15, 0.2) is 0 Å². The molecule has 1 fully saturated rings. The van der Waals surface area contributed by atoms with Gasteiger partial charge in [0.05, 0.1) is 12.1 Å². The Labute approximate surface area is 134 Å². The number of hydrogen-bond acceptors (Lipinski definition) is 6. The number of amides is 2. The number of hydrogen-bond donors (Lipinski definition) is 1. The van der Waals surface area contributed by atoms with Gasteiger partial charge in [-0.2, -0.15) is 13.2 Å². The fraction of sp³-hybridized carbons (Fsp3) is 0.700. The molecule has 0 saturated carbocycles.